The molecule has 0 aliphatic carbocycles. The van der Waals surface area contributed by atoms with E-state index in [4.69, 9.17) is 0 Å². The van der Waals surface area contributed by atoms with Crippen LogP contribution in [0.1, 0.15) is 18.7 Å². The van der Waals surface area contributed by atoms with Crippen LogP contribution in [0, 0.1) is 0 Å². The number of carbonyl (C=O) groups is 1. The van der Waals surface area contributed by atoms with Crippen molar-refractivity contribution >= 4 is 17.0 Å². The van der Waals surface area contributed by atoms with E-state index in [1.165, 1.54) is 7.11 Å². The van der Waals surface area contributed by atoms with Crippen LogP contribution in [-0.4, -0.2) is 28.3 Å². The lowest BCUT2D eigenvalue weighted by atomic mass is 10.1. The van der Waals surface area contributed by atoms with E-state index < -0.39 is 5.92 Å². The molecule has 2 rings (SSSR count). The van der Waals surface area contributed by atoms with Crippen LogP contribution in [0.15, 0.2) is 24.3 Å². The first-order chi connectivity index (χ1) is 7.72. The molecule has 0 radical (unpaired) electrons. The van der Waals surface area contributed by atoms with Gasteiger partial charge in [0.25, 0.3) is 0 Å². The van der Waals surface area contributed by atoms with Gasteiger partial charge in [-0.15, -0.1) is 10.2 Å². The van der Waals surface area contributed by atoms with Crippen LogP contribution < -0.4 is 0 Å². The van der Waals surface area contributed by atoms with Crippen molar-refractivity contribution in [1.29, 1.82) is 0 Å². The maximum Gasteiger partial charge on any atom is 0.316 e. The molecule has 1 aromatic heterocycles. The molecule has 0 aliphatic heterocycles. The monoisotopic (exact) mass is 217 g/mol. The first-order valence-corrected chi connectivity index (χ1v) is 4.89. The van der Waals surface area contributed by atoms with E-state index >= 15 is 0 Å². The average molecular weight is 217 g/mol. The molecule has 0 fully saturated rings. The quantitative estimate of drug-likeness (QED) is 0.709. The highest BCUT2D eigenvalue weighted by Crippen LogP contribution is 2.14. The SMILES string of the molecule is COC(=O)C(C)c1nnc2ccccc2n1. The standard InChI is InChI=1S/C11H11N3O2/c1-7(11(15)16-2)10-12-8-5-3-4-6-9(8)13-14-10/h3-7H,1-2H3. The Labute approximate surface area is 92.5 Å². The van der Waals surface area contributed by atoms with Crippen molar-refractivity contribution in [3.63, 3.8) is 0 Å². The van der Waals surface area contributed by atoms with Crippen molar-refractivity contribution in [3.05, 3.63) is 30.1 Å². The van der Waals surface area contributed by atoms with E-state index in [9.17, 15) is 4.79 Å². The molecule has 82 valence electrons. The minimum absolute atomic E-state index is 0.364. The zero-order valence-electron chi connectivity index (χ0n) is 9.04. The molecule has 0 saturated heterocycles. The molecule has 0 N–H and O–H groups in total. The largest absolute Gasteiger partial charge is 0.468 e. The number of aromatic nitrogens is 3. The Bertz CT molecular complexity index is 527. The highest BCUT2D eigenvalue weighted by molar-refractivity contribution is 5.78. The molecule has 0 bridgehead atoms. The fourth-order valence-electron chi connectivity index (χ4n) is 1.36. The van der Waals surface area contributed by atoms with E-state index in [0.717, 1.165) is 5.52 Å². The zero-order chi connectivity index (χ0) is 11.5. The van der Waals surface area contributed by atoms with Crippen molar-refractivity contribution in [3.8, 4) is 0 Å². The van der Waals surface area contributed by atoms with Gasteiger partial charge < -0.3 is 4.74 Å². The van der Waals surface area contributed by atoms with E-state index in [0.29, 0.717) is 11.3 Å². The van der Waals surface area contributed by atoms with E-state index in [2.05, 4.69) is 19.9 Å². The van der Waals surface area contributed by atoms with Gasteiger partial charge in [0, 0.05) is 0 Å². The fourth-order valence-corrected chi connectivity index (χ4v) is 1.36. The average Bonchev–Trinajstić information content (AvgIpc) is 2.36. The number of benzene rings is 1. The summed E-state index contributed by atoms with van der Waals surface area (Å²) in [6.07, 6.45) is 0. The third kappa shape index (κ3) is 1.84. The van der Waals surface area contributed by atoms with Crippen LogP contribution in [-0.2, 0) is 9.53 Å². The van der Waals surface area contributed by atoms with Crippen LogP contribution in [0.25, 0.3) is 11.0 Å². The smallest absolute Gasteiger partial charge is 0.316 e. The number of nitrogens with zero attached hydrogens (tertiary/aromatic N) is 3. The molecule has 1 heterocycles. The van der Waals surface area contributed by atoms with Gasteiger partial charge in [0.1, 0.15) is 11.4 Å². The molecule has 5 nitrogen and oxygen atoms in total. The van der Waals surface area contributed by atoms with Gasteiger partial charge in [0.2, 0.25) is 0 Å². The third-order valence-corrected chi connectivity index (χ3v) is 2.32. The number of fused-ring (bicyclic) bond motifs is 1. The molecule has 0 aliphatic rings. The second kappa shape index (κ2) is 4.22. The second-order valence-corrected chi connectivity index (χ2v) is 3.40. The number of carbonyl (C=O) groups excluding carboxylic acids is 1. The Hall–Kier alpha value is -2.04. The van der Waals surface area contributed by atoms with Gasteiger partial charge >= 0.3 is 5.97 Å². The van der Waals surface area contributed by atoms with Gasteiger partial charge in [0.15, 0.2) is 5.82 Å². The lowest BCUT2D eigenvalue weighted by molar-refractivity contribution is -0.142. The molecule has 1 unspecified atom stereocenters. The Kier molecular flexibility index (Phi) is 2.76. The topological polar surface area (TPSA) is 65.0 Å². The van der Waals surface area contributed by atoms with Crippen LogP contribution in [0.3, 0.4) is 0 Å². The zero-order valence-corrected chi connectivity index (χ0v) is 9.04. The summed E-state index contributed by atoms with van der Waals surface area (Å²) in [5.74, 6) is -0.482. The Morgan fingerprint density at radius 2 is 1.94 bits per heavy atom. The summed E-state index contributed by atoms with van der Waals surface area (Å²) < 4.78 is 4.63. The van der Waals surface area contributed by atoms with Crippen LogP contribution in [0.2, 0.25) is 0 Å². The maximum absolute atomic E-state index is 11.3. The normalized spacial score (nSPS) is 12.4. The van der Waals surface area contributed by atoms with Gasteiger partial charge in [-0.2, -0.15) is 0 Å². The molecule has 0 amide bonds. The van der Waals surface area contributed by atoms with Crippen molar-refractivity contribution in [2.75, 3.05) is 7.11 Å². The van der Waals surface area contributed by atoms with E-state index in [1.807, 2.05) is 24.3 Å². The Morgan fingerprint density at radius 3 is 2.62 bits per heavy atom. The Morgan fingerprint density at radius 1 is 1.25 bits per heavy atom. The summed E-state index contributed by atoms with van der Waals surface area (Å²) in [6, 6.07) is 7.38. The van der Waals surface area contributed by atoms with Gasteiger partial charge in [-0.3, -0.25) is 4.79 Å². The number of rotatable bonds is 2. The van der Waals surface area contributed by atoms with Crippen molar-refractivity contribution in [1.82, 2.24) is 15.2 Å². The first kappa shape index (κ1) is 10.5. The maximum atomic E-state index is 11.3. The summed E-state index contributed by atoms with van der Waals surface area (Å²) >= 11 is 0. The molecular weight excluding hydrogens is 206 g/mol. The lowest BCUT2D eigenvalue weighted by Crippen LogP contribution is -2.14. The minimum Gasteiger partial charge on any atom is -0.468 e. The van der Waals surface area contributed by atoms with Crippen molar-refractivity contribution in [2.24, 2.45) is 0 Å². The molecular formula is C11H11N3O2. The van der Waals surface area contributed by atoms with Gasteiger partial charge in [0.05, 0.1) is 12.6 Å². The number of ether oxygens (including phenoxy) is 1. The highest BCUT2D eigenvalue weighted by Gasteiger charge is 2.19. The number of hydrogen-bond acceptors (Lipinski definition) is 5. The third-order valence-electron chi connectivity index (χ3n) is 2.32. The molecule has 1 aromatic carbocycles. The van der Waals surface area contributed by atoms with Crippen LogP contribution in [0.4, 0.5) is 0 Å². The summed E-state index contributed by atoms with van der Waals surface area (Å²) in [7, 11) is 1.34. The molecule has 16 heavy (non-hydrogen) atoms. The summed E-state index contributed by atoms with van der Waals surface area (Å²) in [6.45, 7) is 1.69. The number of hydrogen-bond donors (Lipinski definition) is 0. The first-order valence-electron chi connectivity index (χ1n) is 4.89. The Balaban J connectivity index is 2.43. The fraction of sp³-hybridized carbons (Fsp3) is 0.273. The molecule has 1 atom stereocenters. The molecule has 0 spiro atoms. The second-order valence-electron chi connectivity index (χ2n) is 3.40. The van der Waals surface area contributed by atoms with Gasteiger partial charge in [-0.1, -0.05) is 12.1 Å². The number of para-hydroxylation sites is 1. The molecule has 5 heteroatoms. The van der Waals surface area contributed by atoms with Crippen LogP contribution >= 0.6 is 0 Å². The summed E-state index contributed by atoms with van der Waals surface area (Å²) in [5.41, 5.74) is 1.44. The van der Waals surface area contributed by atoms with E-state index in [-0.39, 0.29) is 5.97 Å². The van der Waals surface area contributed by atoms with Crippen molar-refractivity contribution in [2.45, 2.75) is 12.8 Å². The summed E-state index contributed by atoms with van der Waals surface area (Å²) in [5, 5.41) is 7.91. The predicted molar refractivity (Wildman–Crippen MR) is 57.8 cm³/mol. The summed E-state index contributed by atoms with van der Waals surface area (Å²) in [4.78, 5) is 15.6. The predicted octanol–water partition coefficient (Wildman–Crippen LogP) is 1.30. The number of methoxy groups -OCH3 is 1. The van der Waals surface area contributed by atoms with Gasteiger partial charge in [-0.05, 0) is 19.1 Å². The highest BCUT2D eigenvalue weighted by atomic mass is 16.5. The molecule has 0 saturated carbocycles. The minimum atomic E-state index is -0.498. The molecule has 2 aromatic rings. The van der Waals surface area contributed by atoms with Crippen molar-refractivity contribution < 1.29 is 9.53 Å². The van der Waals surface area contributed by atoms with Crippen LogP contribution in [0.5, 0.6) is 0 Å². The lowest BCUT2D eigenvalue weighted by Gasteiger charge is -2.06. The van der Waals surface area contributed by atoms with E-state index in [1.54, 1.807) is 6.92 Å². The number of esters is 1. The van der Waals surface area contributed by atoms with Gasteiger partial charge in [-0.25, -0.2) is 4.98 Å².